The molecule has 0 radical (unpaired) electrons. The first-order chi connectivity index (χ1) is 10.0. The van der Waals surface area contributed by atoms with E-state index in [9.17, 15) is 4.79 Å². The molecule has 110 valence electrons. The Morgan fingerprint density at radius 3 is 2.90 bits per heavy atom. The predicted octanol–water partition coefficient (Wildman–Crippen LogP) is 3.71. The molecule has 1 atom stereocenters. The average molecular weight is 301 g/mol. The van der Waals surface area contributed by atoms with Gasteiger partial charge in [-0.2, -0.15) is 0 Å². The van der Waals surface area contributed by atoms with Gasteiger partial charge < -0.3 is 10.1 Å². The summed E-state index contributed by atoms with van der Waals surface area (Å²) in [5, 5.41) is 5.15. The van der Waals surface area contributed by atoms with E-state index < -0.39 is 0 Å². The van der Waals surface area contributed by atoms with Crippen LogP contribution in [0.3, 0.4) is 0 Å². The Labute approximate surface area is 129 Å². The molecular formula is C17H19NO2S. The molecule has 1 aromatic carbocycles. The van der Waals surface area contributed by atoms with E-state index in [1.165, 1.54) is 0 Å². The number of rotatable bonds is 3. The summed E-state index contributed by atoms with van der Waals surface area (Å²) < 4.78 is 5.99. The molecule has 0 fully saturated rings. The second kappa shape index (κ2) is 5.53. The van der Waals surface area contributed by atoms with Gasteiger partial charge >= 0.3 is 0 Å². The summed E-state index contributed by atoms with van der Waals surface area (Å²) in [7, 11) is 0. The third kappa shape index (κ3) is 3.27. The topological polar surface area (TPSA) is 38.3 Å². The Morgan fingerprint density at radius 1 is 1.33 bits per heavy atom. The Kier molecular flexibility index (Phi) is 3.72. The molecule has 0 saturated carbocycles. The number of ether oxygens (including phenoxy) is 1. The molecule has 0 bridgehead atoms. The van der Waals surface area contributed by atoms with Gasteiger partial charge in [-0.15, -0.1) is 11.3 Å². The van der Waals surface area contributed by atoms with Crippen LogP contribution in [0.1, 0.15) is 36.8 Å². The summed E-state index contributed by atoms with van der Waals surface area (Å²) >= 11 is 1.61. The van der Waals surface area contributed by atoms with Crippen molar-refractivity contribution < 1.29 is 9.53 Å². The minimum atomic E-state index is -0.269. The third-order valence-electron chi connectivity index (χ3n) is 3.63. The first kappa shape index (κ1) is 14.1. The molecule has 1 aliphatic heterocycles. The van der Waals surface area contributed by atoms with E-state index >= 15 is 0 Å². The summed E-state index contributed by atoms with van der Waals surface area (Å²) in [5.74, 6) is 0.935. The maximum Gasteiger partial charge on any atom is 0.225 e. The normalized spacial score (nSPS) is 19.4. The van der Waals surface area contributed by atoms with E-state index in [1.54, 1.807) is 11.3 Å². The van der Waals surface area contributed by atoms with Crippen molar-refractivity contribution in [2.24, 2.45) is 0 Å². The fourth-order valence-corrected chi connectivity index (χ4v) is 3.45. The molecule has 2 aromatic rings. The fourth-order valence-electron chi connectivity index (χ4n) is 2.75. The lowest BCUT2D eigenvalue weighted by Crippen LogP contribution is -2.41. The van der Waals surface area contributed by atoms with Crippen LogP contribution in [0.15, 0.2) is 41.8 Å². The van der Waals surface area contributed by atoms with Gasteiger partial charge in [0.25, 0.3) is 0 Å². The molecule has 1 aromatic heterocycles. The van der Waals surface area contributed by atoms with Gasteiger partial charge in [-0.1, -0.05) is 24.3 Å². The number of fused-ring (bicyclic) bond motifs is 1. The number of nitrogens with one attached hydrogen (secondary N) is 1. The van der Waals surface area contributed by atoms with E-state index in [0.717, 1.165) is 22.6 Å². The molecule has 1 unspecified atom stereocenters. The molecule has 4 heteroatoms. The quantitative estimate of drug-likeness (QED) is 0.938. The Hall–Kier alpha value is -1.81. The standard InChI is InChI=1S/C17H19NO2S/c1-17(2)11-14(13-7-3-4-8-15(13)20-17)18-16(19)10-12-6-5-9-21-12/h3-9,14H,10-11H2,1-2H3,(H,18,19). The lowest BCUT2D eigenvalue weighted by Gasteiger charge is -2.37. The molecule has 0 saturated heterocycles. The van der Waals surface area contributed by atoms with Crippen LogP contribution in [0, 0.1) is 0 Å². The highest BCUT2D eigenvalue weighted by Crippen LogP contribution is 2.39. The Bertz CT molecular complexity index is 634. The van der Waals surface area contributed by atoms with Crippen molar-refractivity contribution in [3.05, 3.63) is 52.2 Å². The zero-order valence-corrected chi connectivity index (χ0v) is 13.1. The molecule has 1 N–H and O–H groups in total. The van der Waals surface area contributed by atoms with Gasteiger partial charge in [0.05, 0.1) is 12.5 Å². The van der Waals surface area contributed by atoms with Crippen LogP contribution < -0.4 is 10.1 Å². The number of para-hydroxylation sites is 1. The van der Waals surface area contributed by atoms with Crippen molar-refractivity contribution >= 4 is 17.2 Å². The summed E-state index contributed by atoms with van der Waals surface area (Å²) in [6.07, 6.45) is 1.22. The van der Waals surface area contributed by atoms with E-state index in [2.05, 4.69) is 19.2 Å². The first-order valence-electron chi connectivity index (χ1n) is 7.13. The van der Waals surface area contributed by atoms with Crippen molar-refractivity contribution in [2.45, 2.75) is 38.3 Å². The second-order valence-electron chi connectivity index (χ2n) is 5.98. The number of benzene rings is 1. The first-order valence-corrected chi connectivity index (χ1v) is 8.01. The molecule has 1 aliphatic rings. The van der Waals surface area contributed by atoms with E-state index in [1.807, 2.05) is 41.8 Å². The number of carbonyl (C=O) groups excluding carboxylic acids is 1. The summed E-state index contributed by atoms with van der Waals surface area (Å²) in [4.78, 5) is 13.3. The largest absolute Gasteiger partial charge is 0.487 e. The van der Waals surface area contributed by atoms with E-state index in [0.29, 0.717) is 6.42 Å². The molecule has 21 heavy (non-hydrogen) atoms. The lowest BCUT2D eigenvalue weighted by atomic mass is 9.89. The monoisotopic (exact) mass is 301 g/mol. The maximum absolute atomic E-state index is 12.3. The molecule has 1 amide bonds. The van der Waals surface area contributed by atoms with Crippen LogP contribution >= 0.6 is 11.3 Å². The molecule has 3 rings (SSSR count). The zero-order chi connectivity index (χ0) is 14.9. The second-order valence-corrected chi connectivity index (χ2v) is 7.01. The summed E-state index contributed by atoms with van der Waals surface area (Å²) in [6, 6.07) is 11.9. The summed E-state index contributed by atoms with van der Waals surface area (Å²) in [5.41, 5.74) is 0.797. The van der Waals surface area contributed by atoms with Crippen LogP contribution in [0.4, 0.5) is 0 Å². The van der Waals surface area contributed by atoms with Crippen molar-refractivity contribution in [3.8, 4) is 5.75 Å². The van der Waals surface area contributed by atoms with Gasteiger partial charge in [-0.05, 0) is 31.4 Å². The van der Waals surface area contributed by atoms with Crippen molar-refractivity contribution in [1.82, 2.24) is 5.32 Å². The minimum absolute atomic E-state index is 0.0115. The fraction of sp³-hybridized carbons (Fsp3) is 0.353. The number of hydrogen-bond donors (Lipinski definition) is 1. The van der Waals surface area contributed by atoms with Crippen LogP contribution in [0.2, 0.25) is 0 Å². The SMILES string of the molecule is CC1(C)CC(NC(=O)Cc2cccs2)c2ccccc2O1. The maximum atomic E-state index is 12.3. The van der Waals surface area contributed by atoms with Crippen LogP contribution in [-0.4, -0.2) is 11.5 Å². The smallest absolute Gasteiger partial charge is 0.225 e. The van der Waals surface area contributed by atoms with Gasteiger partial charge in [-0.3, -0.25) is 4.79 Å². The highest BCUT2D eigenvalue weighted by atomic mass is 32.1. The Morgan fingerprint density at radius 2 is 2.14 bits per heavy atom. The lowest BCUT2D eigenvalue weighted by molar-refractivity contribution is -0.121. The zero-order valence-electron chi connectivity index (χ0n) is 12.3. The van der Waals surface area contributed by atoms with Crippen LogP contribution in [0.25, 0.3) is 0 Å². The predicted molar refractivity (Wildman–Crippen MR) is 84.7 cm³/mol. The third-order valence-corrected chi connectivity index (χ3v) is 4.50. The number of thiophene rings is 1. The van der Waals surface area contributed by atoms with Crippen molar-refractivity contribution in [1.29, 1.82) is 0 Å². The summed E-state index contributed by atoms with van der Waals surface area (Å²) in [6.45, 7) is 4.11. The van der Waals surface area contributed by atoms with Gasteiger partial charge in [0.1, 0.15) is 11.4 Å². The van der Waals surface area contributed by atoms with Gasteiger partial charge in [-0.25, -0.2) is 0 Å². The molecular weight excluding hydrogens is 282 g/mol. The molecule has 3 nitrogen and oxygen atoms in total. The highest BCUT2D eigenvalue weighted by Gasteiger charge is 2.34. The highest BCUT2D eigenvalue weighted by molar-refractivity contribution is 7.10. The number of carbonyl (C=O) groups is 1. The molecule has 0 spiro atoms. The van der Waals surface area contributed by atoms with E-state index in [-0.39, 0.29) is 17.6 Å². The number of amides is 1. The molecule has 0 aliphatic carbocycles. The van der Waals surface area contributed by atoms with Gasteiger partial charge in [0.15, 0.2) is 0 Å². The van der Waals surface area contributed by atoms with Crippen molar-refractivity contribution in [2.75, 3.05) is 0 Å². The van der Waals surface area contributed by atoms with Crippen LogP contribution in [-0.2, 0) is 11.2 Å². The molecule has 2 heterocycles. The minimum Gasteiger partial charge on any atom is -0.487 e. The van der Waals surface area contributed by atoms with Crippen molar-refractivity contribution in [3.63, 3.8) is 0 Å². The Balaban J connectivity index is 1.76. The average Bonchev–Trinajstić information content (AvgIpc) is 2.90. The van der Waals surface area contributed by atoms with E-state index in [4.69, 9.17) is 4.74 Å². The van der Waals surface area contributed by atoms with Gasteiger partial charge in [0.2, 0.25) is 5.91 Å². The number of hydrogen-bond acceptors (Lipinski definition) is 3. The van der Waals surface area contributed by atoms with Gasteiger partial charge in [0, 0.05) is 16.9 Å². The van der Waals surface area contributed by atoms with Crippen LogP contribution in [0.5, 0.6) is 5.75 Å².